The van der Waals surface area contributed by atoms with Crippen LogP contribution >= 0.6 is 0 Å². The van der Waals surface area contributed by atoms with Gasteiger partial charge in [0.1, 0.15) is 0 Å². The summed E-state index contributed by atoms with van der Waals surface area (Å²) < 4.78 is 0. The van der Waals surface area contributed by atoms with Crippen LogP contribution in [-0.2, 0) is 0 Å². The van der Waals surface area contributed by atoms with Gasteiger partial charge in [0, 0.05) is 30.3 Å². The van der Waals surface area contributed by atoms with E-state index in [1.54, 1.807) is 0 Å². The summed E-state index contributed by atoms with van der Waals surface area (Å²) in [6.45, 7) is 1.70. The van der Waals surface area contributed by atoms with Gasteiger partial charge in [-0.05, 0) is 47.9 Å². The molecule has 1 N–H and O–H groups in total. The number of hydrogen-bond acceptors (Lipinski definition) is 3. The highest BCUT2D eigenvalue weighted by molar-refractivity contribution is 5.71. The van der Waals surface area contributed by atoms with E-state index in [9.17, 15) is 5.26 Å². The zero-order valence-corrected chi connectivity index (χ0v) is 15.2. The number of hydrogen-bond donors (Lipinski definition) is 1. The Kier molecular flexibility index (Phi) is 3.94. The van der Waals surface area contributed by atoms with Crippen LogP contribution in [0.5, 0.6) is 0 Å². The molecule has 1 saturated heterocycles. The van der Waals surface area contributed by atoms with Gasteiger partial charge in [0.05, 0.1) is 5.69 Å². The SMILES string of the molecule is N#CN1CC(C2CC2)[C@H](c2cc(-c3cccc(-c4ccccc4)c3)n[nH]2)C1. The van der Waals surface area contributed by atoms with Gasteiger partial charge in [0.25, 0.3) is 0 Å². The minimum Gasteiger partial charge on any atom is -0.310 e. The summed E-state index contributed by atoms with van der Waals surface area (Å²) in [5.41, 5.74) is 5.68. The molecule has 1 unspecified atom stereocenters. The number of aromatic nitrogens is 2. The molecule has 0 radical (unpaired) electrons. The Morgan fingerprint density at radius 1 is 0.926 bits per heavy atom. The summed E-state index contributed by atoms with van der Waals surface area (Å²) in [6.07, 6.45) is 4.95. The van der Waals surface area contributed by atoms with Gasteiger partial charge >= 0.3 is 0 Å². The van der Waals surface area contributed by atoms with Gasteiger partial charge in [-0.2, -0.15) is 10.4 Å². The third-order valence-electron chi connectivity index (χ3n) is 6.00. The van der Waals surface area contributed by atoms with Gasteiger partial charge < -0.3 is 4.90 Å². The van der Waals surface area contributed by atoms with Gasteiger partial charge in [-0.1, -0.05) is 48.5 Å². The van der Waals surface area contributed by atoms with Crippen LogP contribution in [0, 0.1) is 23.3 Å². The second kappa shape index (κ2) is 6.59. The Bertz CT molecular complexity index is 981. The zero-order chi connectivity index (χ0) is 18.2. The molecule has 3 aromatic rings. The highest BCUT2D eigenvalue weighted by atomic mass is 15.2. The molecule has 2 aliphatic rings. The monoisotopic (exact) mass is 354 g/mol. The average molecular weight is 354 g/mol. The van der Waals surface area contributed by atoms with Crippen molar-refractivity contribution in [3.63, 3.8) is 0 Å². The van der Waals surface area contributed by atoms with Crippen LogP contribution in [0.1, 0.15) is 24.5 Å². The summed E-state index contributed by atoms with van der Waals surface area (Å²) in [7, 11) is 0. The molecular weight excluding hydrogens is 332 g/mol. The summed E-state index contributed by atoms with van der Waals surface area (Å²) in [6, 6.07) is 21.1. The maximum Gasteiger partial charge on any atom is 0.179 e. The Hall–Kier alpha value is -3.06. The number of benzene rings is 2. The highest BCUT2D eigenvalue weighted by Gasteiger charge is 2.43. The van der Waals surface area contributed by atoms with Gasteiger partial charge in [0.2, 0.25) is 0 Å². The lowest BCUT2D eigenvalue weighted by Crippen LogP contribution is -2.14. The third kappa shape index (κ3) is 3.10. The minimum atomic E-state index is 0.385. The molecule has 0 bridgehead atoms. The minimum absolute atomic E-state index is 0.385. The van der Waals surface area contributed by atoms with Crippen molar-refractivity contribution in [2.45, 2.75) is 18.8 Å². The van der Waals surface area contributed by atoms with Crippen LogP contribution in [0.25, 0.3) is 22.4 Å². The number of rotatable bonds is 4. The topological polar surface area (TPSA) is 55.7 Å². The standard InChI is InChI=1S/C23H22N4/c24-15-27-13-20(17-9-10-17)21(14-27)23-12-22(25-26-23)19-8-4-7-18(11-19)16-5-2-1-3-6-16/h1-8,11-12,17,20-21H,9-10,13-14H2,(H,25,26)/t20?,21-/m1/s1. The van der Waals surface area contributed by atoms with E-state index in [0.29, 0.717) is 11.8 Å². The average Bonchev–Trinajstić information content (AvgIpc) is 3.29. The molecule has 1 aliphatic heterocycles. The van der Waals surface area contributed by atoms with Crippen molar-refractivity contribution in [2.75, 3.05) is 13.1 Å². The predicted octanol–water partition coefficient (Wildman–Crippen LogP) is 4.65. The maximum absolute atomic E-state index is 9.32. The number of nitriles is 1. The molecular formula is C23H22N4. The third-order valence-corrected chi connectivity index (χ3v) is 6.00. The Balaban J connectivity index is 1.43. The van der Waals surface area contributed by atoms with Crippen molar-refractivity contribution >= 4 is 0 Å². The Labute approximate surface area is 159 Å². The van der Waals surface area contributed by atoms with Crippen molar-refractivity contribution in [3.05, 3.63) is 66.4 Å². The van der Waals surface area contributed by atoms with Crippen molar-refractivity contribution in [1.29, 1.82) is 5.26 Å². The second-order valence-corrected chi connectivity index (χ2v) is 7.77. The Morgan fingerprint density at radius 2 is 1.70 bits per heavy atom. The van der Waals surface area contributed by atoms with Crippen LogP contribution in [0.2, 0.25) is 0 Å². The highest BCUT2D eigenvalue weighted by Crippen LogP contribution is 2.47. The smallest absolute Gasteiger partial charge is 0.179 e. The number of likely N-dealkylation sites (tertiary alicyclic amines) is 1. The van der Waals surface area contributed by atoms with Crippen molar-refractivity contribution < 1.29 is 0 Å². The van der Waals surface area contributed by atoms with E-state index in [1.807, 2.05) is 11.0 Å². The summed E-state index contributed by atoms with van der Waals surface area (Å²) in [4.78, 5) is 1.91. The molecule has 27 heavy (non-hydrogen) atoms. The largest absolute Gasteiger partial charge is 0.310 e. The quantitative estimate of drug-likeness (QED) is 0.694. The summed E-state index contributed by atoms with van der Waals surface area (Å²) in [5.74, 6) is 1.74. The van der Waals surface area contributed by atoms with Crippen LogP contribution in [0.4, 0.5) is 0 Å². The van der Waals surface area contributed by atoms with E-state index in [0.717, 1.165) is 30.3 Å². The van der Waals surface area contributed by atoms with Crippen molar-refractivity contribution in [3.8, 4) is 28.6 Å². The second-order valence-electron chi connectivity index (χ2n) is 7.77. The molecule has 4 nitrogen and oxygen atoms in total. The van der Waals surface area contributed by atoms with E-state index in [4.69, 9.17) is 0 Å². The summed E-state index contributed by atoms with van der Waals surface area (Å²) >= 11 is 0. The molecule has 134 valence electrons. The first-order chi connectivity index (χ1) is 13.3. The first kappa shape index (κ1) is 16.1. The predicted molar refractivity (Wildman–Crippen MR) is 106 cm³/mol. The fraction of sp³-hybridized carbons (Fsp3) is 0.304. The molecule has 1 aromatic heterocycles. The molecule has 2 atom stereocenters. The molecule has 2 aromatic carbocycles. The van der Waals surface area contributed by atoms with Crippen molar-refractivity contribution in [1.82, 2.24) is 15.1 Å². The number of aromatic amines is 1. The molecule has 2 fully saturated rings. The van der Waals surface area contributed by atoms with Gasteiger partial charge in [-0.15, -0.1) is 0 Å². The van der Waals surface area contributed by atoms with E-state index in [-0.39, 0.29) is 0 Å². The number of nitrogens with zero attached hydrogens (tertiary/aromatic N) is 3. The van der Waals surface area contributed by atoms with Gasteiger partial charge in [-0.3, -0.25) is 5.10 Å². The fourth-order valence-corrected chi connectivity index (χ4v) is 4.40. The first-order valence-corrected chi connectivity index (χ1v) is 9.67. The molecule has 1 saturated carbocycles. The van der Waals surface area contributed by atoms with Crippen LogP contribution < -0.4 is 0 Å². The fourth-order valence-electron chi connectivity index (χ4n) is 4.40. The van der Waals surface area contributed by atoms with E-state index in [1.165, 1.54) is 29.7 Å². The van der Waals surface area contributed by atoms with Gasteiger partial charge in [0.15, 0.2) is 6.19 Å². The van der Waals surface area contributed by atoms with Crippen LogP contribution in [0.15, 0.2) is 60.7 Å². The van der Waals surface area contributed by atoms with Crippen LogP contribution in [0.3, 0.4) is 0 Å². The maximum atomic E-state index is 9.32. The lowest BCUT2D eigenvalue weighted by atomic mass is 9.88. The van der Waals surface area contributed by atoms with E-state index in [2.05, 4.69) is 71.0 Å². The molecule has 4 heteroatoms. The van der Waals surface area contributed by atoms with E-state index >= 15 is 0 Å². The number of H-pyrrole nitrogens is 1. The first-order valence-electron chi connectivity index (χ1n) is 9.67. The lowest BCUT2D eigenvalue weighted by molar-refractivity contribution is 0.420. The van der Waals surface area contributed by atoms with Gasteiger partial charge in [-0.25, -0.2) is 0 Å². The Morgan fingerprint density at radius 3 is 2.48 bits per heavy atom. The van der Waals surface area contributed by atoms with Crippen molar-refractivity contribution in [2.24, 2.45) is 11.8 Å². The molecule has 2 heterocycles. The van der Waals surface area contributed by atoms with Crippen LogP contribution in [-0.4, -0.2) is 28.2 Å². The number of nitrogens with one attached hydrogen (secondary N) is 1. The summed E-state index contributed by atoms with van der Waals surface area (Å²) in [5, 5.41) is 17.2. The molecule has 0 spiro atoms. The lowest BCUT2D eigenvalue weighted by Gasteiger charge is -2.15. The van der Waals surface area contributed by atoms with E-state index < -0.39 is 0 Å². The zero-order valence-electron chi connectivity index (χ0n) is 15.2. The molecule has 1 aliphatic carbocycles. The molecule has 5 rings (SSSR count). The normalized spacial score (nSPS) is 22.0. The molecule has 0 amide bonds.